The molecule has 0 aliphatic carbocycles. The molecule has 0 N–H and O–H groups in total. The summed E-state index contributed by atoms with van der Waals surface area (Å²) in [6, 6.07) is 0. The molecule has 0 amide bonds. The Kier molecular flexibility index (Phi) is 45.5. The monoisotopic (exact) mass is 558 g/mol. The van der Waals surface area contributed by atoms with Crippen molar-refractivity contribution in [3.8, 4) is 0 Å². The third-order valence-corrected chi connectivity index (χ3v) is 4.30. The van der Waals surface area contributed by atoms with Gasteiger partial charge in [0.25, 0.3) is 0 Å². The van der Waals surface area contributed by atoms with Gasteiger partial charge in [-0.25, -0.2) is 0 Å². The Morgan fingerprint density at radius 3 is 0.966 bits per heavy atom. The van der Waals surface area contributed by atoms with Crippen molar-refractivity contribution in [2.24, 2.45) is 0 Å². The summed E-state index contributed by atoms with van der Waals surface area (Å²) in [5.74, 6) is -0.804. The van der Waals surface area contributed by atoms with Gasteiger partial charge in [0, 0.05) is 23.9 Å². The molecule has 0 aromatic rings. The molecule has 0 unspecified atom stereocenters. The molecule has 7 heteroatoms. The Bertz CT molecular complexity index is 277. The van der Waals surface area contributed by atoms with E-state index >= 15 is 0 Å². The number of hydrogen-bond donors (Lipinski definition) is 2. The number of rotatable bonds is 15. The molecule has 0 aromatic carbocycles. The normalized spacial score (nSPS) is 9.17. The van der Waals surface area contributed by atoms with E-state index in [-0.39, 0.29) is 48.6 Å². The van der Waals surface area contributed by atoms with Gasteiger partial charge in [-0.1, -0.05) is 105 Å². The molecule has 0 saturated carbocycles. The summed E-state index contributed by atoms with van der Waals surface area (Å²) in [6.45, 7) is 9.16. The second-order valence-corrected chi connectivity index (χ2v) is 7.22. The molecule has 174 valence electrons. The Balaban J connectivity index is -0.000000164. The minimum atomic E-state index is -0.430. The van der Waals surface area contributed by atoms with Gasteiger partial charge >= 0.3 is 11.9 Å². The number of carbonyl (C=O) groups excluding carboxylic acids is 2. The molecule has 0 heterocycles. The van der Waals surface area contributed by atoms with Crippen LogP contribution >= 0.6 is 25.3 Å². The van der Waals surface area contributed by atoms with Gasteiger partial charge < -0.3 is 9.47 Å². The minimum Gasteiger partial charge on any atom is -0.461 e. The molecule has 0 aliphatic rings. The molecule has 0 atom stereocenters. The van der Waals surface area contributed by atoms with Gasteiger partial charge in [0.1, 0.15) is 13.2 Å². The van der Waals surface area contributed by atoms with Crippen LogP contribution in [-0.2, 0) is 19.1 Å². The third-order valence-electron chi connectivity index (χ3n) is 3.78. The van der Waals surface area contributed by atoms with Crippen molar-refractivity contribution >= 4 is 61.1 Å². The molecule has 0 spiro atoms. The quantitative estimate of drug-likeness (QED) is 0.108. The first kappa shape index (κ1) is 36.8. The predicted molar refractivity (Wildman–Crippen MR) is 133 cm³/mol. The van der Waals surface area contributed by atoms with Gasteiger partial charge in [0.2, 0.25) is 0 Å². The molecular formula is C22H46O4S2Sn. The van der Waals surface area contributed by atoms with Crippen LogP contribution in [0.25, 0.3) is 0 Å². The van der Waals surface area contributed by atoms with E-state index in [0.717, 1.165) is 0 Å². The zero-order valence-electron chi connectivity index (χ0n) is 19.3. The van der Waals surface area contributed by atoms with E-state index in [0.29, 0.717) is 0 Å². The van der Waals surface area contributed by atoms with Crippen LogP contribution in [0.5, 0.6) is 0 Å². The predicted octanol–water partition coefficient (Wildman–Crippen LogP) is 6.29. The number of thiol groups is 2. The van der Waals surface area contributed by atoms with Crippen molar-refractivity contribution in [3.63, 3.8) is 0 Å². The van der Waals surface area contributed by atoms with E-state index in [1.165, 1.54) is 77.0 Å². The van der Waals surface area contributed by atoms with E-state index < -0.39 is 11.9 Å². The van der Waals surface area contributed by atoms with Crippen LogP contribution in [0, 0.1) is 0 Å². The third kappa shape index (κ3) is 43.3. The van der Waals surface area contributed by atoms with Crippen LogP contribution in [0.1, 0.15) is 105 Å². The zero-order valence-corrected chi connectivity index (χ0v) is 24.0. The molecule has 0 bridgehead atoms. The maximum Gasteiger partial charge on any atom is 0.315 e. The molecule has 29 heavy (non-hydrogen) atoms. The van der Waals surface area contributed by atoms with E-state index in [2.05, 4.69) is 62.4 Å². The largest absolute Gasteiger partial charge is 0.461 e. The SMILES string of the molecule is CCCCCCCC.CCCCCCCC.O=C(CS)OCCOC(=O)CS.[Sn]. The summed E-state index contributed by atoms with van der Waals surface area (Å²) in [7, 11) is 0. The van der Waals surface area contributed by atoms with Crippen molar-refractivity contribution in [2.45, 2.75) is 105 Å². The van der Waals surface area contributed by atoms with Gasteiger partial charge in [-0.05, 0) is 0 Å². The number of carbonyl (C=O) groups is 2. The molecule has 0 fully saturated rings. The maximum atomic E-state index is 10.5. The fourth-order valence-electron chi connectivity index (χ4n) is 2.11. The Morgan fingerprint density at radius 1 is 0.552 bits per heavy atom. The van der Waals surface area contributed by atoms with Crippen molar-refractivity contribution in [1.29, 1.82) is 0 Å². The van der Waals surface area contributed by atoms with Crippen molar-refractivity contribution < 1.29 is 19.1 Å². The topological polar surface area (TPSA) is 52.6 Å². The van der Waals surface area contributed by atoms with Crippen molar-refractivity contribution in [3.05, 3.63) is 0 Å². The van der Waals surface area contributed by atoms with E-state index in [4.69, 9.17) is 0 Å². The summed E-state index contributed by atoms with van der Waals surface area (Å²) >= 11 is 7.36. The number of ether oxygens (including phenoxy) is 2. The first-order valence-corrected chi connectivity index (χ1v) is 12.3. The second kappa shape index (κ2) is 35.8. The summed E-state index contributed by atoms with van der Waals surface area (Å²) < 4.78 is 9.14. The average molecular weight is 557 g/mol. The molecule has 4 radical (unpaired) electrons. The Hall–Kier alpha value is 0.439. The number of hydrogen-bond acceptors (Lipinski definition) is 6. The zero-order chi connectivity index (χ0) is 21.9. The molecule has 0 aliphatic heterocycles. The van der Waals surface area contributed by atoms with Gasteiger partial charge in [-0.15, -0.1) is 0 Å². The van der Waals surface area contributed by atoms with E-state index in [1.807, 2.05) is 0 Å². The first-order valence-electron chi connectivity index (χ1n) is 11.1. The number of unbranched alkanes of at least 4 members (excludes halogenated alkanes) is 10. The first-order chi connectivity index (χ1) is 13.5. The minimum absolute atomic E-state index is 0. The van der Waals surface area contributed by atoms with Gasteiger partial charge in [0.15, 0.2) is 0 Å². The van der Waals surface area contributed by atoms with Crippen molar-refractivity contribution in [2.75, 3.05) is 24.7 Å². The fraction of sp³-hybridized carbons (Fsp3) is 0.909. The van der Waals surface area contributed by atoms with Crippen LogP contribution in [-0.4, -0.2) is 60.6 Å². The molecular weight excluding hydrogens is 511 g/mol. The Morgan fingerprint density at radius 2 is 0.793 bits per heavy atom. The second-order valence-electron chi connectivity index (χ2n) is 6.59. The summed E-state index contributed by atoms with van der Waals surface area (Å²) in [5.41, 5.74) is 0. The van der Waals surface area contributed by atoms with Crippen molar-refractivity contribution in [1.82, 2.24) is 0 Å². The van der Waals surface area contributed by atoms with Crippen LogP contribution in [0.2, 0.25) is 0 Å². The van der Waals surface area contributed by atoms with Gasteiger partial charge in [-0.3, -0.25) is 9.59 Å². The van der Waals surface area contributed by atoms with Crippen LogP contribution in [0.4, 0.5) is 0 Å². The molecule has 0 saturated heterocycles. The van der Waals surface area contributed by atoms with Crippen LogP contribution in [0.15, 0.2) is 0 Å². The standard InChI is InChI=1S/2C8H18.C6H10O4S2.Sn/c2*1-3-5-7-8-6-4-2;7-5(3-11)9-1-2-10-6(8)4-12;/h2*3-8H2,1-2H3;11-12H,1-4H2;. The Labute approximate surface area is 208 Å². The number of esters is 2. The molecule has 0 rings (SSSR count). The summed E-state index contributed by atoms with van der Waals surface area (Å²) in [6.07, 6.45) is 17.0. The summed E-state index contributed by atoms with van der Waals surface area (Å²) in [4.78, 5) is 20.9. The summed E-state index contributed by atoms with van der Waals surface area (Å²) in [5, 5.41) is 0. The van der Waals surface area contributed by atoms with Gasteiger partial charge in [-0.2, -0.15) is 25.3 Å². The molecule has 4 nitrogen and oxygen atoms in total. The van der Waals surface area contributed by atoms with E-state index in [1.54, 1.807) is 0 Å². The maximum absolute atomic E-state index is 10.5. The van der Waals surface area contributed by atoms with E-state index in [9.17, 15) is 9.59 Å². The van der Waals surface area contributed by atoms with Gasteiger partial charge in [0.05, 0.1) is 11.5 Å². The smallest absolute Gasteiger partial charge is 0.315 e. The molecule has 0 aromatic heterocycles. The van der Waals surface area contributed by atoms with Crippen LogP contribution in [0.3, 0.4) is 0 Å². The fourth-order valence-corrected chi connectivity index (χ4v) is 2.29. The van der Waals surface area contributed by atoms with Crippen LogP contribution < -0.4 is 0 Å². The average Bonchev–Trinajstić information content (AvgIpc) is 2.72.